The van der Waals surface area contributed by atoms with Gasteiger partial charge < -0.3 is 19.1 Å². The minimum Gasteiger partial charge on any atom is -0.489 e. The Kier molecular flexibility index (Phi) is 5.89. The molecule has 5 nitrogen and oxygen atoms in total. The van der Waals surface area contributed by atoms with E-state index in [1.165, 1.54) is 0 Å². The summed E-state index contributed by atoms with van der Waals surface area (Å²) in [6.45, 7) is 5.27. The molecule has 0 bridgehead atoms. The van der Waals surface area contributed by atoms with Gasteiger partial charge in [0.25, 0.3) is 5.91 Å². The quantitative estimate of drug-likeness (QED) is 0.554. The monoisotopic (exact) mass is 403 g/mol. The molecule has 0 radical (unpaired) electrons. The highest BCUT2D eigenvalue weighted by atomic mass is 16.7. The highest BCUT2D eigenvalue weighted by Crippen LogP contribution is 2.33. The number of ether oxygens (including phenoxy) is 3. The maximum Gasteiger partial charge on any atom is 0.254 e. The van der Waals surface area contributed by atoms with Gasteiger partial charge in [-0.15, -0.1) is 0 Å². The molecular formula is C25H25NO4. The Bertz CT molecular complexity index is 999. The summed E-state index contributed by atoms with van der Waals surface area (Å²) in [7, 11) is 0. The molecule has 0 spiro atoms. The topological polar surface area (TPSA) is 48.0 Å². The van der Waals surface area contributed by atoms with E-state index in [1.807, 2.05) is 73.3 Å². The maximum absolute atomic E-state index is 13.1. The summed E-state index contributed by atoms with van der Waals surface area (Å²) in [6.07, 6.45) is 0. The lowest BCUT2D eigenvalue weighted by Gasteiger charge is -2.27. The van der Waals surface area contributed by atoms with Gasteiger partial charge in [0.2, 0.25) is 6.79 Å². The van der Waals surface area contributed by atoms with Crippen molar-refractivity contribution in [1.29, 1.82) is 0 Å². The molecule has 0 saturated heterocycles. The second kappa shape index (κ2) is 8.91. The number of benzene rings is 3. The average molecular weight is 403 g/mol. The van der Waals surface area contributed by atoms with E-state index in [2.05, 4.69) is 0 Å². The molecule has 0 aromatic heterocycles. The van der Waals surface area contributed by atoms with Crippen LogP contribution in [-0.2, 0) is 13.2 Å². The van der Waals surface area contributed by atoms with E-state index < -0.39 is 0 Å². The van der Waals surface area contributed by atoms with E-state index in [0.29, 0.717) is 30.2 Å². The summed E-state index contributed by atoms with van der Waals surface area (Å²) in [5, 5.41) is 0. The van der Waals surface area contributed by atoms with Gasteiger partial charge in [0.1, 0.15) is 12.4 Å². The van der Waals surface area contributed by atoms with E-state index in [1.54, 1.807) is 18.2 Å². The van der Waals surface area contributed by atoms with Crippen LogP contribution < -0.4 is 14.2 Å². The Labute approximate surface area is 176 Å². The maximum atomic E-state index is 13.1. The van der Waals surface area contributed by atoms with Crippen molar-refractivity contribution in [2.24, 2.45) is 0 Å². The molecule has 30 heavy (non-hydrogen) atoms. The average Bonchev–Trinajstić information content (AvgIpc) is 3.25. The molecular weight excluding hydrogens is 378 g/mol. The minimum absolute atomic E-state index is 0.0345. The lowest BCUT2D eigenvalue weighted by Crippen LogP contribution is -2.36. The molecule has 1 aliphatic heterocycles. The molecule has 3 aromatic rings. The van der Waals surface area contributed by atoms with Crippen molar-refractivity contribution in [3.8, 4) is 17.2 Å². The molecule has 0 saturated carbocycles. The molecule has 5 heteroatoms. The van der Waals surface area contributed by atoms with Crippen LogP contribution >= 0.6 is 0 Å². The lowest BCUT2D eigenvalue weighted by molar-refractivity contribution is 0.0690. The number of rotatable bonds is 7. The number of nitrogens with zero attached hydrogens (tertiary/aromatic N) is 1. The van der Waals surface area contributed by atoms with Gasteiger partial charge in [0.05, 0.1) is 0 Å². The van der Waals surface area contributed by atoms with Crippen molar-refractivity contribution in [2.45, 2.75) is 33.0 Å². The Balaban J connectivity index is 1.42. The van der Waals surface area contributed by atoms with E-state index in [0.717, 1.165) is 16.9 Å². The van der Waals surface area contributed by atoms with E-state index >= 15 is 0 Å². The van der Waals surface area contributed by atoms with Crippen LogP contribution in [0.4, 0.5) is 0 Å². The fraction of sp³-hybridized carbons (Fsp3) is 0.240. The van der Waals surface area contributed by atoms with Gasteiger partial charge in [0.15, 0.2) is 11.5 Å². The Morgan fingerprint density at radius 2 is 1.67 bits per heavy atom. The molecule has 1 aliphatic rings. The molecule has 4 rings (SSSR count). The lowest BCUT2D eigenvalue weighted by atomic mass is 10.1. The zero-order chi connectivity index (χ0) is 20.9. The number of amides is 1. The summed E-state index contributed by atoms with van der Waals surface area (Å²) in [5.74, 6) is 2.06. The molecule has 0 unspecified atom stereocenters. The summed E-state index contributed by atoms with van der Waals surface area (Å²) >= 11 is 0. The molecule has 0 fully saturated rings. The molecule has 154 valence electrons. The van der Waals surface area contributed by atoms with Gasteiger partial charge in [-0.2, -0.15) is 0 Å². The zero-order valence-corrected chi connectivity index (χ0v) is 17.2. The predicted octanol–water partition coefficient (Wildman–Crippen LogP) is 5.05. The van der Waals surface area contributed by atoms with Gasteiger partial charge in [-0.3, -0.25) is 4.79 Å². The number of hydrogen-bond acceptors (Lipinski definition) is 4. The van der Waals surface area contributed by atoms with Crippen molar-refractivity contribution in [1.82, 2.24) is 4.90 Å². The molecule has 1 amide bonds. The molecule has 0 atom stereocenters. The predicted molar refractivity (Wildman–Crippen MR) is 115 cm³/mol. The van der Waals surface area contributed by atoms with Crippen LogP contribution in [0.2, 0.25) is 0 Å². The second-order valence-corrected chi connectivity index (χ2v) is 7.51. The first kappa shape index (κ1) is 19.8. The van der Waals surface area contributed by atoms with Crippen molar-refractivity contribution in [3.63, 3.8) is 0 Å². The SMILES string of the molecule is CC(C)N(Cc1ccc(OCc2ccccc2)cc1)C(=O)c1ccc2c(c1)OCO2. The molecule has 3 aromatic carbocycles. The fourth-order valence-electron chi connectivity index (χ4n) is 3.31. The largest absolute Gasteiger partial charge is 0.489 e. The van der Waals surface area contributed by atoms with Gasteiger partial charge in [-0.1, -0.05) is 42.5 Å². The van der Waals surface area contributed by atoms with Gasteiger partial charge >= 0.3 is 0 Å². The standard InChI is InChI=1S/C25H25NO4/c1-18(2)26(25(27)21-10-13-23-24(14-21)30-17-29-23)15-19-8-11-22(12-9-19)28-16-20-6-4-3-5-7-20/h3-14,18H,15-17H2,1-2H3. The highest BCUT2D eigenvalue weighted by Gasteiger charge is 2.22. The number of hydrogen-bond donors (Lipinski definition) is 0. The van der Waals surface area contributed by atoms with E-state index in [4.69, 9.17) is 14.2 Å². The number of carbonyl (C=O) groups excluding carboxylic acids is 1. The van der Waals surface area contributed by atoms with Crippen molar-refractivity contribution < 1.29 is 19.0 Å². The number of carbonyl (C=O) groups is 1. The van der Waals surface area contributed by atoms with Crippen molar-refractivity contribution in [2.75, 3.05) is 6.79 Å². The fourth-order valence-corrected chi connectivity index (χ4v) is 3.31. The Hall–Kier alpha value is -3.47. The van der Waals surface area contributed by atoms with Gasteiger partial charge in [-0.25, -0.2) is 0 Å². The Morgan fingerprint density at radius 3 is 2.40 bits per heavy atom. The van der Waals surface area contributed by atoms with Crippen LogP contribution in [0.5, 0.6) is 17.2 Å². The minimum atomic E-state index is -0.0345. The summed E-state index contributed by atoms with van der Waals surface area (Å²) < 4.78 is 16.6. The first-order valence-electron chi connectivity index (χ1n) is 10.1. The van der Waals surface area contributed by atoms with Crippen LogP contribution in [0, 0.1) is 0 Å². The normalized spacial score (nSPS) is 12.1. The first-order valence-corrected chi connectivity index (χ1v) is 10.1. The zero-order valence-electron chi connectivity index (χ0n) is 17.2. The first-order chi connectivity index (χ1) is 14.6. The van der Waals surface area contributed by atoms with Crippen LogP contribution in [0.3, 0.4) is 0 Å². The van der Waals surface area contributed by atoms with Gasteiger partial charge in [-0.05, 0) is 55.3 Å². The molecule has 0 N–H and O–H groups in total. The van der Waals surface area contributed by atoms with Gasteiger partial charge in [0, 0.05) is 18.2 Å². The number of fused-ring (bicyclic) bond motifs is 1. The van der Waals surface area contributed by atoms with Crippen molar-refractivity contribution >= 4 is 5.91 Å². The smallest absolute Gasteiger partial charge is 0.254 e. The third kappa shape index (κ3) is 4.57. The third-order valence-corrected chi connectivity index (χ3v) is 5.03. The summed E-state index contributed by atoms with van der Waals surface area (Å²) in [5.41, 5.74) is 2.77. The third-order valence-electron chi connectivity index (χ3n) is 5.03. The highest BCUT2D eigenvalue weighted by molar-refractivity contribution is 5.95. The molecule has 1 heterocycles. The molecule has 0 aliphatic carbocycles. The summed E-state index contributed by atoms with van der Waals surface area (Å²) in [6, 6.07) is 23.3. The summed E-state index contributed by atoms with van der Waals surface area (Å²) in [4.78, 5) is 15.0. The van der Waals surface area contributed by atoms with Crippen molar-refractivity contribution in [3.05, 3.63) is 89.5 Å². The van der Waals surface area contributed by atoms with Crippen LogP contribution in [-0.4, -0.2) is 23.6 Å². The van der Waals surface area contributed by atoms with Crippen LogP contribution in [0.15, 0.2) is 72.8 Å². The Morgan fingerprint density at radius 1 is 0.933 bits per heavy atom. The van der Waals surface area contributed by atoms with E-state index in [-0.39, 0.29) is 18.7 Å². The van der Waals surface area contributed by atoms with Crippen LogP contribution in [0.25, 0.3) is 0 Å². The van der Waals surface area contributed by atoms with E-state index in [9.17, 15) is 4.79 Å². The second-order valence-electron chi connectivity index (χ2n) is 7.51. The van der Waals surface area contributed by atoms with Crippen LogP contribution in [0.1, 0.15) is 35.3 Å².